The predicted molar refractivity (Wildman–Crippen MR) is 61.2 cm³/mol. The minimum absolute atomic E-state index is 0.312. The quantitative estimate of drug-likeness (QED) is 0.756. The first-order valence-corrected chi connectivity index (χ1v) is 6.14. The molecule has 0 amide bonds. The smallest absolute Gasteiger partial charge is 0.163 e. The molecule has 0 fully saturated rings. The lowest BCUT2D eigenvalue weighted by Gasteiger charge is -2.02. The molecule has 1 nitrogen and oxygen atoms in total. The van der Waals surface area contributed by atoms with Crippen LogP contribution in [0.4, 0.5) is 0 Å². The van der Waals surface area contributed by atoms with Crippen molar-refractivity contribution in [3.05, 3.63) is 34.9 Å². The maximum atomic E-state index is 11.4. The third-order valence-electron chi connectivity index (χ3n) is 2.69. The molecule has 1 aliphatic carbocycles. The topological polar surface area (TPSA) is 17.1 Å². The first kappa shape index (κ1) is 9.91. The Kier molecular flexibility index (Phi) is 3.02. The maximum absolute atomic E-state index is 11.4. The molecule has 2 rings (SSSR count). The Bertz CT molecular complexity index is 357. The van der Waals surface area contributed by atoms with Crippen LogP contribution in [0.5, 0.6) is 0 Å². The van der Waals surface area contributed by atoms with E-state index in [-0.39, 0.29) is 0 Å². The van der Waals surface area contributed by atoms with Gasteiger partial charge in [0, 0.05) is 17.3 Å². The zero-order valence-corrected chi connectivity index (χ0v) is 9.64. The van der Waals surface area contributed by atoms with Crippen LogP contribution < -0.4 is 0 Å². The lowest BCUT2D eigenvalue weighted by Crippen LogP contribution is -1.93. The Labute approximate surface area is 92.6 Å². The number of ketones is 1. The number of benzene rings is 1. The monoisotopic (exact) mass is 252 g/mol. The Morgan fingerprint density at radius 3 is 2.93 bits per heavy atom. The van der Waals surface area contributed by atoms with Gasteiger partial charge in [0.05, 0.1) is 0 Å². The van der Waals surface area contributed by atoms with E-state index in [0.717, 1.165) is 30.2 Å². The molecule has 74 valence electrons. The SMILES string of the molecule is O=C1CCc2cc(CCCBr)ccc21. The number of halogens is 1. The van der Waals surface area contributed by atoms with Gasteiger partial charge >= 0.3 is 0 Å². The van der Waals surface area contributed by atoms with Gasteiger partial charge < -0.3 is 0 Å². The highest BCUT2D eigenvalue weighted by Gasteiger charge is 2.18. The minimum atomic E-state index is 0.312. The molecule has 0 bridgehead atoms. The molecular weight excluding hydrogens is 240 g/mol. The second-order valence-corrected chi connectivity index (χ2v) is 4.50. The van der Waals surface area contributed by atoms with Crippen LogP contribution in [-0.4, -0.2) is 11.1 Å². The molecule has 0 N–H and O–H groups in total. The van der Waals surface area contributed by atoms with E-state index < -0.39 is 0 Å². The van der Waals surface area contributed by atoms with Crippen LogP contribution in [0.15, 0.2) is 18.2 Å². The number of hydrogen-bond donors (Lipinski definition) is 0. The minimum Gasteiger partial charge on any atom is -0.294 e. The van der Waals surface area contributed by atoms with Crippen molar-refractivity contribution in [1.82, 2.24) is 0 Å². The molecule has 0 aliphatic heterocycles. The van der Waals surface area contributed by atoms with Crippen LogP contribution in [0.1, 0.15) is 34.3 Å². The molecule has 1 aliphatic rings. The van der Waals surface area contributed by atoms with Crippen molar-refractivity contribution in [1.29, 1.82) is 0 Å². The lowest BCUT2D eigenvalue weighted by molar-refractivity contribution is 0.0994. The zero-order valence-electron chi connectivity index (χ0n) is 8.05. The highest BCUT2D eigenvalue weighted by molar-refractivity contribution is 9.09. The van der Waals surface area contributed by atoms with Gasteiger partial charge in [0.1, 0.15) is 0 Å². The molecule has 0 atom stereocenters. The lowest BCUT2D eigenvalue weighted by atomic mass is 10.0. The summed E-state index contributed by atoms with van der Waals surface area (Å²) in [5.74, 6) is 0.312. The summed E-state index contributed by atoms with van der Waals surface area (Å²) in [7, 11) is 0. The van der Waals surface area contributed by atoms with E-state index >= 15 is 0 Å². The fourth-order valence-electron chi connectivity index (χ4n) is 1.94. The number of carbonyl (C=O) groups is 1. The van der Waals surface area contributed by atoms with Gasteiger partial charge in [0.2, 0.25) is 0 Å². The molecule has 2 heteroatoms. The third kappa shape index (κ3) is 1.90. The van der Waals surface area contributed by atoms with Gasteiger partial charge in [-0.15, -0.1) is 0 Å². The van der Waals surface area contributed by atoms with Crippen molar-refractivity contribution in [2.75, 3.05) is 5.33 Å². The Hall–Kier alpha value is -0.630. The summed E-state index contributed by atoms with van der Waals surface area (Å²) in [5, 5.41) is 1.04. The summed E-state index contributed by atoms with van der Waals surface area (Å²) in [4.78, 5) is 11.4. The van der Waals surface area contributed by atoms with Crippen molar-refractivity contribution in [2.24, 2.45) is 0 Å². The Balaban J connectivity index is 2.19. The van der Waals surface area contributed by atoms with Gasteiger partial charge in [0.25, 0.3) is 0 Å². The fraction of sp³-hybridized carbons (Fsp3) is 0.417. The van der Waals surface area contributed by atoms with Crippen LogP contribution in [0.2, 0.25) is 0 Å². The molecule has 0 heterocycles. The number of carbonyl (C=O) groups excluding carboxylic acids is 1. The highest BCUT2D eigenvalue weighted by atomic mass is 79.9. The molecule has 0 saturated carbocycles. The number of hydrogen-bond acceptors (Lipinski definition) is 1. The maximum Gasteiger partial charge on any atom is 0.163 e. The number of aryl methyl sites for hydroxylation is 2. The molecule has 0 spiro atoms. The molecule has 14 heavy (non-hydrogen) atoms. The van der Waals surface area contributed by atoms with E-state index in [1.54, 1.807) is 0 Å². The molecule has 0 radical (unpaired) electrons. The molecule has 1 aromatic rings. The van der Waals surface area contributed by atoms with E-state index in [2.05, 4.69) is 28.1 Å². The van der Waals surface area contributed by atoms with Crippen molar-refractivity contribution < 1.29 is 4.79 Å². The van der Waals surface area contributed by atoms with E-state index in [4.69, 9.17) is 0 Å². The zero-order chi connectivity index (χ0) is 9.97. The third-order valence-corrected chi connectivity index (χ3v) is 3.25. The second-order valence-electron chi connectivity index (χ2n) is 3.71. The standard InChI is InChI=1S/C12H13BrO/c13-7-1-2-9-3-5-11-10(8-9)4-6-12(11)14/h3,5,8H,1-2,4,6-7H2. The van der Waals surface area contributed by atoms with Crippen LogP contribution in [0.3, 0.4) is 0 Å². The number of Topliss-reactive ketones (excluding diaryl/α,β-unsaturated/α-hetero) is 1. The first-order valence-electron chi connectivity index (χ1n) is 5.02. The number of fused-ring (bicyclic) bond motifs is 1. The average molecular weight is 253 g/mol. The van der Waals surface area contributed by atoms with Crippen LogP contribution in [0, 0.1) is 0 Å². The van der Waals surface area contributed by atoms with Crippen LogP contribution in [0.25, 0.3) is 0 Å². The fourth-order valence-corrected chi connectivity index (χ4v) is 2.22. The summed E-state index contributed by atoms with van der Waals surface area (Å²) in [6.45, 7) is 0. The normalized spacial score (nSPS) is 14.5. The van der Waals surface area contributed by atoms with Gasteiger partial charge in [0.15, 0.2) is 5.78 Å². The molecule has 1 aromatic carbocycles. The summed E-state index contributed by atoms with van der Waals surface area (Å²) in [6, 6.07) is 6.28. The number of rotatable bonds is 3. The van der Waals surface area contributed by atoms with E-state index in [9.17, 15) is 4.79 Å². The highest BCUT2D eigenvalue weighted by Crippen LogP contribution is 2.23. The molecular formula is C12H13BrO. The Morgan fingerprint density at radius 1 is 1.29 bits per heavy atom. The largest absolute Gasteiger partial charge is 0.294 e. The second kappa shape index (κ2) is 4.26. The summed E-state index contributed by atoms with van der Waals surface area (Å²) >= 11 is 3.42. The van der Waals surface area contributed by atoms with Gasteiger partial charge in [-0.25, -0.2) is 0 Å². The van der Waals surface area contributed by atoms with Crippen molar-refractivity contribution >= 4 is 21.7 Å². The number of alkyl halides is 1. The Morgan fingerprint density at radius 2 is 2.14 bits per heavy atom. The predicted octanol–water partition coefficient (Wildman–Crippen LogP) is 3.14. The van der Waals surface area contributed by atoms with Gasteiger partial charge in [-0.2, -0.15) is 0 Å². The summed E-state index contributed by atoms with van der Waals surface area (Å²) < 4.78 is 0. The average Bonchev–Trinajstić information content (AvgIpc) is 2.57. The van der Waals surface area contributed by atoms with Crippen molar-refractivity contribution in [3.8, 4) is 0 Å². The summed E-state index contributed by atoms with van der Waals surface area (Å²) in [6.07, 6.45) is 3.91. The molecule has 0 unspecified atom stereocenters. The van der Waals surface area contributed by atoms with E-state index in [0.29, 0.717) is 12.2 Å². The van der Waals surface area contributed by atoms with Gasteiger partial charge in [-0.1, -0.05) is 34.1 Å². The van der Waals surface area contributed by atoms with Crippen LogP contribution in [-0.2, 0) is 12.8 Å². The molecule has 0 saturated heterocycles. The first-order chi connectivity index (χ1) is 6.81. The van der Waals surface area contributed by atoms with Gasteiger partial charge in [-0.05, 0) is 30.4 Å². The van der Waals surface area contributed by atoms with E-state index in [1.807, 2.05) is 6.07 Å². The van der Waals surface area contributed by atoms with Crippen LogP contribution >= 0.6 is 15.9 Å². The summed E-state index contributed by atoms with van der Waals surface area (Å²) in [5.41, 5.74) is 3.56. The van der Waals surface area contributed by atoms with Crippen molar-refractivity contribution in [2.45, 2.75) is 25.7 Å². The molecule has 0 aromatic heterocycles. The van der Waals surface area contributed by atoms with E-state index in [1.165, 1.54) is 11.1 Å². The van der Waals surface area contributed by atoms with Gasteiger partial charge in [-0.3, -0.25) is 4.79 Å². The van der Waals surface area contributed by atoms with Crippen molar-refractivity contribution in [3.63, 3.8) is 0 Å².